The van der Waals surface area contributed by atoms with Gasteiger partial charge in [0.1, 0.15) is 0 Å². The summed E-state index contributed by atoms with van der Waals surface area (Å²) in [7, 11) is 1.81. The number of hydrazine groups is 1. The average Bonchev–Trinajstić information content (AvgIpc) is 2.75. The molecule has 0 atom stereocenters. The van der Waals surface area contributed by atoms with E-state index in [9.17, 15) is 4.79 Å². The lowest BCUT2D eigenvalue weighted by Gasteiger charge is -2.18. The van der Waals surface area contributed by atoms with Gasteiger partial charge in [-0.25, -0.2) is 5.43 Å². The maximum atomic E-state index is 12.2. The van der Waals surface area contributed by atoms with Crippen LogP contribution in [-0.2, 0) is 0 Å². The summed E-state index contributed by atoms with van der Waals surface area (Å²) < 4.78 is 0. The first-order valence-corrected chi connectivity index (χ1v) is 12.3. The summed E-state index contributed by atoms with van der Waals surface area (Å²) >= 11 is 0. The van der Waals surface area contributed by atoms with Gasteiger partial charge in [0.15, 0.2) is 0 Å². The number of hydrogen-bond acceptors (Lipinski definition) is 2. The molecule has 0 spiro atoms. The smallest absolute Gasteiger partial charge is 0.267 e. The molecular weight excluding hydrogens is 356 g/mol. The van der Waals surface area contributed by atoms with Crippen molar-refractivity contribution in [3.05, 3.63) is 35.9 Å². The minimum atomic E-state index is 0.0297. The Hall–Kier alpha value is -1.35. The molecule has 0 aliphatic heterocycles. The Morgan fingerprint density at radius 1 is 0.690 bits per heavy atom. The minimum absolute atomic E-state index is 0.0297. The van der Waals surface area contributed by atoms with Crippen LogP contribution >= 0.6 is 0 Å². The van der Waals surface area contributed by atoms with E-state index in [4.69, 9.17) is 0 Å². The van der Waals surface area contributed by atoms with E-state index in [1.54, 1.807) is 5.01 Å². The fourth-order valence-electron chi connectivity index (χ4n) is 3.77. The Balaban J connectivity index is 1.80. The van der Waals surface area contributed by atoms with Gasteiger partial charge in [0.2, 0.25) is 0 Å². The molecule has 1 aromatic carbocycles. The molecule has 0 heterocycles. The number of carbonyl (C=O) groups excluding carboxylic acids is 1. The van der Waals surface area contributed by atoms with Gasteiger partial charge in [-0.05, 0) is 18.6 Å². The predicted octanol–water partition coefficient (Wildman–Crippen LogP) is 7.52. The summed E-state index contributed by atoms with van der Waals surface area (Å²) in [5.74, 6) is 0.0297. The molecule has 0 saturated heterocycles. The van der Waals surface area contributed by atoms with E-state index >= 15 is 0 Å². The Kier molecular flexibility index (Phi) is 16.5. The minimum Gasteiger partial charge on any atom is -0.277 e. The number of amides is 1. The van der Waals surface area contributed by atoms with Crippen LogP contribution in [0, 0.1) is 0 Å². The zero-order valence-corrected chi connectivity index (χ0v) is 19.3. The van der Waals surface area contributed by atoms with Crippen LogP contribution in [0.5, 0.6) is 0 Å². The first-order valence-electron chi connectivity index (χ1n) is 12.3. The molecule has 1 amide bonds. The molecule has 1 aromatic rings. The third-order valence-corrected chi connectivity index (χ3v) is 5.70. The number of benzene rings is 1. The van der Waals surface area contributed by atoms with Crippen LogP contribution in [0.15, 0.2) is 30.3 Å². The van der Waals surface area contributed by atoms with Crippen LogP contribution in [0.25, 0.3) is 0 Å². The maximum absolute atomic E-state index is 12.2. The van der Waals surface area contributed by atoms with Crippen LogP contribution < -0.4 is 5.43 Å². The fourth-order valence-corrected chi connectivity index (χ4v) is 3.77. The van der Waals surface area contributed by atoms with Gasteiger partial charge in [0, 0.05) is 19.2 Å². The molecule has 3 nitrogen and oxygen atoms in total. The second-order valence-corrected chi connectivity index (χ2v) is 8.44. The molecule has 0 aliphatic rings. The molecule has 0 fully saturated rings. The van der Waals surface area contributed by atoms with Crippen molar-refractivity contribution in [2.45, 2.75) is 110 Å². The molecule has 0 aliphatic carbocycles. The summed E-state index contributed by atoms with van der Waals surface area (Å²) in [4.78, 5) is 12.2. The molecule has 0 aromatic heterocycles. The van der Waals surface area contributed by atoms with E-state index in [1.807, 2.05) is 37.4 Å². The first kappa shape index (κ1) is 25.7. The van der Waals surface area contributed by atoms with E-state index < -0.39 is 0 Å². The van der Waals surface area contributed by atoms with Crippen LogP contribution in [0.1, 0.15) is 120 Å². The van der Waals surface area contributed by atoms with E-state index in [2.05, 4.69) is 12.3 Å². The average molecular weight is 403 g/mol. The Bertz CT molecular complexity index is 489. The second-order valence-electron chi connectivity index (χ2n) is 8.44. The van der Waals surface area contributed by atoms with Crippen molar-refractivity contribution in [2.75, 3.05) is 13.6 Å². The zero-order chi connectivity index (χ0) is 21.0. The van der Waals surface area contributed by atoms with Crippen molar-refractivity contribution in [1.29, 1.82) is 0 Å². The lowest BCUT2D eigenvalue weighted by atomic mass is 10.0. The predicted molar refractivity (Wildman–Crippen MR) is 126 cm³/mol. The number of nitrogens with zero attached hydrogens (tertiary/aromatic N) is 1. The van der Waals surface area contributed by atoms with Gasteiger partial charge in [-0.3, -0.25) is 9.80 Å². The van der Waals surface area contributed by atoms with E-state index in [0.29, 0.717) is 0 Å². The van der Waals surface area contributed by atoms with Crippen LogP contribution in [0.3, 0.4) is 0 Å². The van der Waals surface area contributed by atoms with Crippen LogP contribution in [-0.4, -0.2) is 24.5 Å². The Morgan fingerprint density at radius 2 is 1.10 bits per heavy atom. The second kappa shape index (κ2) is 18.7. The molecule has 0 radical (unpaired) electrons. The normalized spacial score (nSPS) is 11.0. The molecule has 166 valence electrons. The number of carbonyl (C=O) groups is 1. The highest BCUT2D eigenvalue weighted by Crippen LogP contribution is 2.13. The zero-order valence-electron chi connectivity index (χ0n) is 19.3. The van der Waals surface area contributed by atoms with Gasteiger partial charge in [-0.2, -0.15) is 0 Å². The third-order valence-electron chi connectivity index (χ3n) is 5.70. The maximum Gasteiger partial charge on any atom is 0.267 e. The number of hydrogen-bond donors (Lipinski definition) is 1. The summed E-state index contributed by atoms with van der Waals surface area (Å²) in [6.45, 7) is 3.15. The lowest BCUT2D eigenvalue weighted by molar-refractivity contribution is 0.0716. The van der Waals surface area contributed by atoms with Gasteiger partial charge in [0.25, 0.3) is 5.91 Å². The van der Waals surface area contributed by atoms with Gasteiger partial charge in [-0.15, -0.1) is 0 Å². The monoisotopic (exact) mass is 402 g/mol. The highest BCUT2D eigenvalue weighted by atomic mass is 16.2. The first-order chi connectivity index (χ1) is 14.3. The standard InChI is InChI=1S/C26H46N2O/c1-3-4-5-6-7-8-9-10-11-12-13-14-15-16-17-21-24-27-28(2)26(29)25-22-19-18-20-23-25/h18-20,22-23,27H,3-17,21,24H2,1-2H3. The SMILES string of the molecule is CCCCCCCCCCCCCCCCCCNN(C)C(=O)c1ccccc1. The van der Waals surface area contributed by atoms with Crippen molar-refractivity contribution in [3.8, 4) is 0 Å². The largest absolute Gasteiger partial charge is 0.277 e. The molecule has 1 rings (SSSR count). The number of rotatable bonds is 19. The quantitative estimate of drug-likeness (QED) is 0.192. The van der Waals surface area contributed by atoms with Crippen molar-refractivity contribution < 1.29 is 4.79 Å². The highest BCUT2D eigenvalue weighted by molar-refractivity contribution is 5.93. The van der Waals surface area contributed by atoms with Crippen LogP contribution in [0.2, 0.25) is 0 Å². The molecule has 0 unspecified atom stereocenters. The molecule has 29 heavy (non-hydrogen) atoms. The summed E-state index contributed by atoms with van der Waals surface area (Å²) in [6, 6.07) is 9.44. The number of nitrogens with one attached hydrogen (secondary N) is 1. The summed E-state index contributed by atoms with van der Waals surface area (Å²) in [6.07, 6.45) is 22.1. The Labute approximate surface area is 180 Å². The summed E-state index contributed by atoms with van der Waals surface area (Å²) in [5, 5.41) is 1.61. The molecule has 1 N–H and O–H groups in total. The summed E-state index contributed by atoms with van der Waals surface area (Å²) in [5.41, 5.74) is 3.95. The van der Waals surface area contributed by atoms with Gasteiger partial charge >= 0.3 is 0 Å². The molecule has 3 heteroatoms. The highest BCUT2D eigenvalue weighted by Gasteiger charge is 2.09. The van der Waals surface area contributed by atoms with Crippen molar-refractivity contribution in [2.24, 2.45) is 0 Å². The van der Waals surface area contributed by atoms with E-state index in [1.165, 1.54) is 96.3 Å². The molecule has 0 bridgehead atoms. The lowest BCUT2D eigenvalue weighted by Crippen LogP contribution is -2.40. The third kappa shape index (κ3) is 14.3. The topological polar surface area (TPSA) is 32.3 Å². The molecular formula is C26H46N2O. The fraction of sp³-hybridized carbons (Fsp3) is 0.731. The van der Waals surface area contributed by atoms with Gasteiger partial charge in [-0.1, -0.05) is 121 Å². The number of unbranched alkanes of at least 4 members (excludes halogenated alkanes) is 15. The van der Waals surface area contributed by atoms with E-state index in [0.717, 1.165) is 18.5 Å². The van der Waals surface area contributed by atoms with Crippen molar-refractivity contribution in [3.63, 3.8) is 0 Å². The van der Waals surface area contributed by atoms with E-state index in [-0.39, 0.29) is 5.91 Å². The van der Waals surface area contributed by atoms with Crippen molar-refractivity contribution in [1.82, 2.24) is 10.4 Å². The van der Waals surface area contributed by atoms with Gasteiger partial charge < -0.3 is 0 Å². The van der Waals surface area contributed by atoms with Gasteiger partial charge in [0.05, 0.1) is 0 Å². The van der Waals surface area contributed by atoms with Crippen LogP contribution in [0.4, 0.5) is 0 Å². The van der Waals surface area contributed by atoms with Crippen molar-refractivity contribution >= 4 is 5.91 Å². The molecule has 0 saturated carbocycles. The Morgan fingerprint density at radius 3 is 1.55 bits per heavy atom.